The average Bonchev–Trinajstić information content (AvgIpc) is 3.23. The summed E-state index contributed by atoms with van der Waals surface area (Å²) in [6, 6.07) is 3.55. The van der Waals surface area contributed by atoms with Crippen LogP contribution in [-0.2, 0) is 21.4 Å². The molecule has 0 spiro atoms. The van der Waals surface area contributed by atoms with Crippen molar-refractivity contribution in [3.8, 4) is 10.4 Å². The van der Waals surface area contributed by atoms with Crippen LogP contribution in [0.3, 0.4) is 0 Å². The maximum atomic E-state index is 12.5. The second-order valence-electron chi connectivity index (χ2n) is 7.62. The first-order valence-corrected chi connectivity index (χ1v) is 9.58. The van der Waals surface area contributed by atoms with E-state index in [-0.39, 0.29) is 17.7 Å². The third kappa shape index (κ3) is 3.93. The Morgan fingerprint density at radius 2 is 2.12 bits per heavy atom. The molecule has 2 aromatic rings. The van der Waals surface area contributed by atoms with Crippen LogP contribution < -0.4 is 5.73 Å². The third-order valence-corrected chi connectivity index (χ3v) is 5.62. The van der Waals surface area contributed by atoms with Gasteiger partial charge in [-0.3, -0.25) is 14.6 Å². The van der Waals surface area contributed by atoms with Crippen LogP contribution in [0, 0.1) is 0 Å². The number of amides is 2. The summed E-state index contributed by atoms with van der Waals surface area (Å²) in [5.41, 5.74) is 7.44. The molecule has 3 heterocycles. The van der Waals surface area contributed by atoms with E-state index in [1.165, 1.54) is 11.3 Å². The van der Waals surface area contributed by atoms with E-state index in [0.717, 1.165) is 27.6 Å². The number of primary amides is 1. The summed E-state index contributed by atoms with van der Waals surface area (Å²) in [7, 11) is 0. The minimum absolute atomic E-state index is 0.0287. The van der Waals surface area contributed by atoms with Crippen LogP contribution in [0.4, 0.5) is 0 Å². The molecule has 0 bridgehead atoms. The molecule has 1 aliphatic rings. The SMILES string of the molecule is CC(C)(C)c1cc(-c2cnc(CC(=O)N3CCC[C@H]3C(N)=O)s2)ccn1. The lowest BCUT2D eigenvalue weighted by molar-refractivity contribution is -0.136. The fraction of sp³-hybridized carbons (Fsp3) is 0.474. The molecule has 7 heteroatoms. The van der Waals surface area contributed by atoms with Crippen LogP contribution in [0.25, 0.3) is 10.4 Å². The van der Waals surface area contributed by atoms with E-state index < -0.39 is 11.9 Å². The summed E-state index contributed by atoms with van der Waals surface area (Å²) in [4.78, 5) is 35.5. The molecule has 26 heavy (non-hydrogen) atoms. The van der Waals surface area contributed by atoms with Crippen LogP contribution in [0.15, 0.2) is 24.5 Å². The van der Waals surface area contributed by atoms with E-state index in [1.54, 1.807) is 11.1 Å². The van der Waals surface area contributed by atoms with Crippen molar-refractivity contribution >= 4 is 23.2 Å². The average molecular weight is 372 g/mol. The van der Waals surface area contributed by atoms with Gasteiger partial charge >= 0.3 is 0 Å². The first-order valence-electron chi connectivity index (χ1n) is 8.76. The van der Waals surface area contributed by atoms with E-state index >= 15 is 0 Å². The summed E-state index contributed by atoms with van der Waals surface area (Å²) in [6.45, 7) is 6.97. The lowest BCUT2D eigenvalue weighted by atomic mass is 9.91. The summed E-state index contributed by atoms with van der Waals surface area (Å²) < 4.78 is 0. The number of rotatable bonds is 4. The van der Waals surface area contributed by atoms with Gasteiger partial charge in [0.1, 0.15) is 11.0 Å². The molecule has 3 rings (SSSR count). The van der Waals surface area contributed by atoms with Gasteiger partial charge in [-0.1, -0.05) is 20.8 Å². The van der Waals surface area contributed by atoms with Crippen molar-refractivity contribution in [3.63, 3.8) is 0 Å². The Balaban J connectivity index is 1.74. The summed E-state index contributed by atoms with van der Waals surface area (Å²) >= 11 is 1.50. The lowest BCUT2D eigenvalue weighted by Crippen LogP contribution is -2.44. The molecule has 1 saturated heterocycles. The van der Waals surface area contributed by atoms with E-state index in [2.05, 4.69) is 36.8 Å². The predicted octanol–water partition coefficient (Wildman–Crippen LogP) is 2.52. The topological polar surface area (TPSA) is 89.2 Å². The minimum Gasteiger partial charge on any atom is -0.368 e. The zero-order valence-electron chi connectivity index (χ0n) is 15.4. The normalized spacial score (nSPS) is 17.5. The van der Waals surface area contributed by atoms with E-state index in [9.17, 15) is 9.59 Å². The summed E-state index contributed by atoms with van der Waals surface area (Å²) in [6.07, 6.45) is 5.27. The molecule has 0 saturated carbocycles. The molecule has 0 radical (unpaired) electrons. The largest absolute Gasteiger partial charge is 0.368 e. The quantitative estimate of drug-likeness (QED) is 0.893. The number of aromatic nitrogens is 2. The molecule has 0 aliphatic carbocycles. The second-order valence-corrected chi connectivity index (χ2v) is 8.74. The lowest BCUT2D eigenvalue weighted by Gasteiger charge is -2.21. The third-order valence-electron chi connectivity index (χ3n) is 4.57. The Morgan fingerprint density at radius 1 is 1.35 bits per heavy atom. The molecule has 1 atom stereocenters. The van der Waals surface area contributed by atoms with Gasteiger partial charge in [-0.05, 0) is 30.5 Å². The summed E-state index contributed by atoms with van der Waals surface area (Å²) in [5, 5.41) is 0.745. The van der Waals surface area contributed by atoms with Crippen molar-refractivity contribution in [2.45, 2.75) is 51.5 Å². The van der Waals surface area contributed by atoms with Crippen molar-refractivity contribution in [2.24, 2.45) is 5.73 Å². The molecule has 2 aromatic heterocycles. The van der Waals surface area contributed by atoms with Gasteiger partial charge in [-0.25, -0.2) is 4.98 Å². The second kappa shape index (κ2) is 7.15. The van der Waals surface area contributed by atoms with Crippen LogP contribution in [-0.4, -0.2) is 39.3 Å². The first-order chi connectivity index (χ1) is 12.3. The predicted molar refractivity (Wildman–Crippen MR) is 102 cm³/mol. The number of carbonyl (C=O) groups is 2. The van der Waals surface area contributed by atoms with Crippen LogP contribution in [0.2, 0.25) is 0 Å². The molecular formula is C19H24N4O2S. The number of likely N-dealkylation sites (tertiary alicyclic amines) is 1. The maximum absolute atomic E-state index is 12.5. The number of carbonyl (C=O) groups excluding carboxylic acids is 2. The Kier molecular flexibility index (Phi) is 5.09. The molecule has 2 N–H and O–H groups in total. The number of nitrogens with zero attached hydrogens (tertiary/aromatic N) is 3. The van der Waals surface area contributed by atoms with Crippen molar-refractivity contribution in [1.82, 2.24) is 14.9 Å². The van der Waals surface area contributed by atoms with E-state index in [0.29, 0.717) is 13.0 Å². The fourth-order valence-corrected chi connectivity index (χ4v) is 4.02. The Bertz CT molecular complexity index is 825. The molecule has 2 amide bonds. The minimum atomic E-state index is -0.475. The number of thiazole rings is 1. The first kappa shape index (κ1) is 18.5. The highest BCUT2D eigenvalue weighted by Crippen LogP contribution is 2.30. The van der Waals surface area contributed by atoms with Gasteiger partial charge in [0, 0.05) is 30.0 Å². The van der Waals surface area contributed by atoms with Crippen LogP contribution >= 0.6 is 11.3 Å². The zero-order chi connectivity index (χ0) is 18.9. The van der Waals surface area contributed by atoms with Crippen molar-refractivity contribution in [3.05, 3.63) is 35.2 Å². The Labute approximate surface area is 157 Å². The molecule has 0 unspecified atom stereocenters. The number of hydrogen-bond donors (Lipinski definition) is 1. The Hall–Kier alpha value is -2.28. The van der Waals surface area contributed by atoms with Crippen LogP contribution in [0.1, 0.15) is 44.3 Å². The maximum Gasteiger partial charge on any atom is 0.240 e. The molecule has 138 valence electrons. The standard InChI is InChI=1S/C19H24N4O2S/c1-19(2,3)15-9-12(6-7-21-15)14-11-22-16(26-14)10-17(24)23-8-4-5-13(23)18(20)25/h6-7,9,11,13H,4-5,8,10H2,1-3H3,(H2,20,25)/t13-/m0/s1. The number of pyridine rings is 1. The van der Waals surface area contributed by atoms with E-state index in [1.807, 2.05) is 12.3 Å². The fourth-order valence-electron chi connectivity index (χ4n) is 3.11. The van der Waals surface area contributed by atoms with Crippen molar-refractivity contribution < 1.29 is 9.59 Å². The molecule has 1 aliphatic heterocycles. The zero-order valence-corrected chi connectivity index (χ0v) is 16.2. The van der Waals surface area contributed by atoms with Crippen molar-refractivity contribution in [2.75, 3.05) is 6.54 Å². The van der Waals surface area contributed by atoms with Crippen molar-refractivity contribution in [1.29, 1.82) is 0 Å². The number of nitrogens with two attached hydrogens (primary N) is 1. The highest BCUT2D eigenvalue weighted by molar-refractivity contribution is 7.15. The van der Waals surface area contributed by atoms with Crippen LogP contribution in [0.5, 0.6) is 0 Å². The van der Waals surface area contributed by atoms with Gasteiger partial charge in [0.2, 0.25) is 11.8 Å². The molecule has 6 nitrogen and oxygen atoms in total. The highest BCUT2D eigenvalue weighted by Gasteiger charge is 2.32. The van der Waals surface area contributed by atoms with Gasteiger partial charge in [-0.2, -0.15) is 0 Å². The highest BCUT2D eigenvalue weighted by atomic mass is 32.1. The van der Waals surface area contributed by atoms with Gasteiger partial charge in [0.05, 0.1) is 11.3 Å². The monoisotopic (exact) mass is 372 g/mol. The summed E-state index contributed by atoms with van der Waals surface area (Å²) in [5.74, 6) is -0.514. The number of hydrogen-bond acceptors (Lipinski definition) is 5. The van der Waals surface area contributed by atoms with Gasteiger partial charge in [-0.15, -0.1) is 11.3 Å². The van der Waals surface area contributed by atoms with Gasteiger partial charge in [0.15, 0.2) is 0 Å². The Morgan fingerprint density at radius 3 is 2.81 bits per heavy atom. The van der Waals surface area contributed by atoms with E-state index in [4.69, 9.17) is 5.73 Å². The van der Waals surface area contributed by atoms with Gasteiger partial charge < -0.3 is 10.6 Å². The molecular weight excluding hydrogens is 348 g/mol. The van der Waals surface area contributed by atoms with Gasteiger partial charge in [0.25, 0.3) is 0 Å². The molecule has 1 fully saturated rings. The smallest absolute Gasteiger partial charge is 0.240 e. The molecule has 0 aromatic carbocycles.